The summed E-state index contributed by atoms with van der Waals surface area (Å²) in [4.78, 5) is 39.6. The number of ether oxygens (including phenoxy) is 1. The van der Waals surface area contributed by atoms with Crippen LogP contribution in [0.2, 0.25) is 5.02 Å². The van der Waals surface area contributed by atoms with Gasteiger partial charge in [-0.25, -0.2) is 4.79 Å². The van der Waals surface area contributed by atoms with Gasteiger partial charge in [-0.05, 0) is 31.7 Å². The smallest absolute Gasteiger partial charge is 0.436 e. The number of halogens is 4. The second-order valence-electron chi connectivity index (χ2n) is 8.12. The number of carbonyl (C=O) groups excluding carboxylic acids is 3. The van der Waals surface area contributed by atoms with Crippen molar-refractivity contribution in [2.75, 3.05) is 26.0 Å². The van der Waals surface area contributed by atoms with Gasteiger partial charge in [0.05, 0.1) is 27.8 Å². The highest BCUT2D eigenvalue weighted by Crippen LogP contribution is 2.47. The molecule has 1 aliphatic rings. The van der Waals surface area contributed by atoms with Gasteiger partial charge in [0.15, 0.2) is 5.69 Å². The Bertz CT molecular complexity index is 1120. The lowest BCUT2D eigenvalue weighted by Crippen LogP contribution is -2.22. The number of nitrogens with one attached hydrogen (secondary N) is 1. The molecule has 1 N–H and O–H groups in total. The Balaban J connectivity index is 1.92. The molecule has 1 aliphatic carbocycles. The first-order valence-corrected chi connectivity index (χ1v) is 11.7. The van der Waals surface area contributed by atoms with E-state index < -0.39 is 35.3 Å². The van der Waals surface area contributed by atoms with Gasteiger partial charge in [0.1, 0.15) is 11.5 Å². The standard InChI is InChI=1S/C21H24ClF3N4O4S/c1-5-8-33-20(32)13-10(2)16(19(31)28(3)4)34-18(13)26-12(30)9-29-15(11-6-7-11)14(22)17(27-29)21(23,24)25/h11H,5-9H2,1-4H3,(H,26,30). The van der Waals surface area contributed by atoms with Gasteiger partial charge in [-0.2, -0.15) is 18.3 Å². The van der Waals surface area contributed by atoms with Crippen LogP contribution in [0.5, 0.6) is 0 Å². The maximum atomic E-state index is 13.3. The van der Waals surface area contributed by atoms with Crippen molar-refractivity contribution in [3.05, 3.63) is 32.4 Å². The van der Waals surface area contributed by atoms with Crippen LogP contribution in [-0.2, 0) is 22.3 Å². The number of nitrogens with zero attached hydrogens (tertiary/aromatic N) is 3. The molecule has 0 unspecified atom stereocenters. The second-order valence-corrected chi connectivity index (χ2v) is 9.52. The number of rotatable bonds is 8. The summed E-state index contributed by atoms with van der Waals surface area (Å²) in [6.07, 6.45) is -2.88. The molecular weight excluding hydrogens is 497 g/mol. The van der Waals surface area contributed by atoms with E-state index in [1.807, 2.05) is 6.92 Å². The Morgan fingerprint density at radius 3 is 2.47 bits per heavy atom. The zero-order valence-corrected chi connectivity index (χ0v) is 20.6. The molecule has 8 nitrogen and oxygen atoms in total. The van der Waals surface area contributed by atoms with E-state index in [-0.39, 0.29) is 39.6 Å². The van der Waals surface area contributed by atoms with Crippen LogP contribution in [0.1, 0.15) is 69.1 Å². The molecule has 0 aliphatic heterocycles. The third kappa shape index (κ3) is 5.38. The fourth-order valence-electron chi connectivity index (χ4n) is 3.33. The second kappa shape index (κ2) is 9.95. The van der Waals surface area contributed by atoms with E-state index in [2.05, 4.69) is 10.4 Å². The predicted molar refractivity (Wildman–Crippen MR) is 120 cm³/mol. The number of esters is 1. The Labute approximate surface area is 203 Å². The Morgan fingerprint density at radius 2 is 1.94 bits per heavy atom. The van der Waals surface area contributed by atoms with Crippen molar-refractivity contribution in [2.45, 2.75) is 51.7 Å². The Kier molecular flexibility index (Phi) is 7.61. The topological polar surface area (TPSA) is 93.5 Å². The number of hydrogen-bond acceptors (Lipinski definition) is 6. The van der Waals surface area contributed by atoms with Crippen molar-refractivity contribution in [3.63, 3.8) is 0 Å². The molecular formula is C21H24ClF3N4O4S. The number of alkyl halides is 3. The highest BCUT2D eigenvalue weighted by Gasteiger charge is 2.42. The Morgan fingerprint density at radius 1 is 1.29 bits per heavy atom. The van der Waals surface area contributed by atoms with Crippen LogP contribution >= 0.6 is 22.9 Å². The molecule has 13 heteroatoms. The quantitative estimate of drug-likeness (QED) is 0.509. The van der Waals surface area contributed by atoms with E-state index in [4.69, 9.17) is 16.3 Å². The maximum Gasteiger partial charge on any atom is 0.436 e. The van der Waals surface area contributed by atoms with Crippen molar-refractivity contribution < 1.29 is 32.3 Å². The van der Waals surface area contributed by atoms with Crippen LogP contribution in [-0.4, -0.2) is 53.2 Å². The van der Waals surface area contributed by atoms with Gasteiger partial charge < -0.3 is 15.0 Å². The number of carbonyl (C=O) groups is 3. The Hall–Kier alpha value is -2.60. The summed E-state index contributed by atoms with van der Waals surface area (Å²) in [7, 11) is 3.10. The van der Waals surface area contributed by atoms with Gasteiger partial charge in [0.25, 0.3) is 5.91 Å². The highest BCUT2D eigenvalue weighted by molar-refractivity contribution is 7.18. The lowest BCUT2D eigenvalue weighted by molar-refractivity contribution is -0.141. The van der Waals surface area contributed by atoms with Gasteiger partial charge in [-0.3, -0.25) is 14.3 Å². The van der Waals surface area contributed by atoms with E-state index in [1.165, 1.54) is 4.90 Å². The van der Waals surface area contributed by atoms with Crippen molar-refractivity contribution in [2.24, 2.45) is 0 Å². The summed E-state index contributed by atoms with van der Waals surface area (Å²) in [6.45, 7) is 2.99. The van der Waals surface area contributed by atoms with E-state index in [9.17, 15) is 27.6 Å². The first kappa shape index (κ1) is 26.0. The van der Waals surface area contributed by atoms with Crippen LogP contribution in [0.15, 0.2) is 0 Å². The monoisotopic (exact) mass is 520 g/mol. The molecule has 3 rings (SSSR count). The molecule has 0 bridgehead atoms. The summed E-state index contributed by atoms with van der Waals surface area (Å²) in [5.74, 6) is -1.98. The average molecular weight is 521 g/mol. The number of amides is 2. The molecule has 2 amide bonds. The van der Waals surface area contributed by atoms with E-state index >= 15 is 0 Å². The van der Waals surface area contributed by atoms with Crippen LogP contribution in [0.3, 0.4) is 0 Å². The molecule has 34 heavy (non-hydrogen) atoms. The molecule has 0 saturated heterocycles. The summed E-state index contributed by atoms with van der Waals surface area (Å²) in [6, 6.07) is 0. The van der Waals surface area contributed by atoms with Gasteiger partial charge >= 0.3 is 12.1 Å². The number of hydrogen-bond donors (Lipinski definition) is 1. The molecule has 0 atom stereocenters. The zero-order chi connectivity index (χ0) is 25.4. The maximum absolute atomic E-state index is 13.3. The SMILES string of the molecule is CCCOC(=O)c1c(NC(=O)Cn2nc(C(F)(F)F)c(Cl)c2C2CC2)sc(C(=O)N(C)C)c1C. The van der Waals surface area contributed by atoms with Gasteiger partial charge in [-0.15, -0.1) is 11.3 Å². The van der Waals surface area contributed by atoms with E-state index in [0.29, 0.717) is 24.8 Å². The minimum absolute atomic E-state index is 0.0360. The van der Waals surface area contributed by atoms with Crippen molar-refractivity contribution in [3.8, 4) is 0 Å². The van der Waals surface area contributed by atoms with Crippen LogP contribution < -0.4 is 5.32 Å². The first-order chi connectivity index (χ1) is 15.9. The van der Waals surface area contributed by atoms with Gasteiger partial charge in [0, 0.05) is 20.0 Å². The minimum atomic E-state index is -4.76. The third-order valence-corrected chi connectivity index (χ3v) is 6.67. The van der Waals surface area contributed by atoms with Crippen molar-refractivity contribution >= 4 is 45.7 Å². The molecule has 1 saturated carbocycles. The predicted octanol–water partition coefficient (Wildman–Crippen LogP) is 4.71. The molecule has 1 fully saturated rings. The number of anilines is 1. The lowest BCUT2D eigenvalue weighted by Gasteiger charge is -2.09. The molecule has 0 radical (unpaired) electrons. The van der Waals surface area contributed by atoms with E-state index in [0.717, 1.165) is 16.0 Å². The summed E-state index contributed by atoms with van der Waals surface area (Å²) in [5, 5.41) is 5.67. The van der Waals surface area contributed by atoms with E-state index in [1.54, 1.807) is 21.0 Å². The number of thiophene rings is 1. The molecule has 0 aromatic carbocycles. The fourth-order valence-corrected chi connectivity index (χ4v) is 4.95. The van der Waals surface area contributed by atoms with Crippen molar-refractivity contribution in [1.29, 1.82) is 0 Å². The molecule has 0 spiro atoms. The average Bonchev–Trinajstić information content (AvgIpc) is 3.44. The normalized spacial score (nSPS) is 13.6. The van der Waals surface area contributed by atoms with Crippen LogP contribution in [0.4, 0.5) is 18.2 Å². The lowest BCUT2D eigenvalue weighted by atomic mass is 10.1. The molecule has 2 aromatic rings. The zero-order valence-electron chi connectivity index (χ0n) is 19.0. The van der Waals surface area contributed by atoms with Crippen LogP contribution in [0, 0.1) is 6.92 Å². The molecule has 186 valence electrons. The molecule has 2 aromatic heterocycles. The number of aromatic nitrogens is 2. The van der Waals surface area contributed by atoms with Crippen LogP contribution in [0.25, 0.3) is 0 Å². The summed E-state index contributed by atoms with van der Waals surface area (Å²) in [5.41, 5.74) is -0.690. The molecule has 2 heterocycles. The van der Waals surface area contributed by atoms with Gasteiger partial charge in [-0.1, -0.05) is 18.5 Å². The fraction of sp³-hybridized carbons (Fsp3) is 0.524. The third-order valence-electron chi connectivity index (χ3n) is 5.10. The van der Waals surface area contributed by atoms with Gasteiger partial charge in [0.2, 0.25) is 5.91 Å². The first-order valence-electron chi connectivity index (χ1n) is 10.5. The minimum Gasteiger partial charge on any atom is -0.462 e. The largest absolute Gasteiger partial charge is 0.462 e. The summed E-state index contributed by atoms with van der Waals surface area (Å²) >= 11 is 6.86. The highest BCUT2D eigenvalue weighted by atomic mass is 35.5. The summed E-state index contributed by atoms with van der Waals surface area (Å²) < 4.78 is 46.0. The van der Waals surface area contributed by atoms with Crippen molar-refractivity contribution in [1.82, 2.24) is 14.7 Å².